The number of nitrogens with zero attached hydrogens (tertiary/aromatic N) is 6. The fourth-order valence-electron chi connectivity index (χ4n) is 4.04. The molecule has 0 bridgehead atoms. The largest absolute Gasteiger partial charge is 0.433 e. The Morgan fingerprint density at radius 2 is 1.94 bits per heavy atom. The highest BCUT2D eigenvalue weighted by molar-refractivity contribution is 5.98. The summed E-state index contributed by atoms with van der Waals surface area (Å²) in [6, 6.07) is 5.55. The zero-order valence-electron chi connectivity index (χ0n) is 18.2. The van der Waals surface area contributed by atoms with Gasteiger partial charge in [-0.1, -0.05) is 12.6 Å². The van der Waals surface area contributed by atoms with Crippen LogP contribution >= 0.6 is 0 Å². The standard InChI is InChI=1S/C23H18F3N7O2/c1-2-17(34)32-9-8-12(10-32)33-23-18(22(27)28-11-29-23)19(31-33)13-6-7-16(30-21(13)26)35-20-14(24)4-3-5-15(20)25/h2-7,11-12H,1,8-10H2,(H2,27,28,29). The molecule has 2 N–H and O–H groups in total. The zero-order valence-corrected chi connectivity index (χ0v) is 18.2. The number of ether oxygens (including phenoxy) is 1. The van der Waals surface area contributed by atoms with Gasteiger partial charge in [0.2, 0.25) is 23.5 Å². The van der Waals surface area contributed by atoms with Crippen LogP contribution in [0.1, 0.15) is 12.5 Å². The van der Waals surface area contributed by atoms with Crippen LogP contribution < -0.4 is 10.5 Å². The van der Waals surface area contributed by atoms with Crippen molar-refractivity contribution in [2.45, 2.75) is 12.5 Å². The lowest BCUT2D eigenvalue weighted by Gasteiger charge is -2.14. The highest BCUT2D eigenvalue weighted by Gasteiger charge is 2.30. The molecule has 1 atom stereocenters. The molecule has 4 heterocycles. The Kier molecular flexibility index (Phi) is 5.55. The van der Waals surface area contributed by atoms with Crippen molar-refractivity contribution in [3.63, 3.8) is 0 Å². The van der Waals surface area contributed by atoms with Crippen molar-refractivity contribution in [1.82, 2.24) is 29.6 Å². The Labute approximate surface area is 196 Å². The van der Waals surface area contributed by atoms with Crippen LogP contribution in [0.5, 0.6) is 11.6 Å². The predicted molar refractivity (Wildman–Crippen MR) is 120 cm³/mol. The fraction of sp³-hybridized carbons (Fsp3) is 0.174. The molecule has 1 aliphatic heterocycles. The smallest absolute Gasteiger partial charge is 0.246 e. The Morgan fingerprint density at radius 1 is 1.17 bits per heavy atom. The van der Waals surface area contributed by atoms with E-state index in [2.05, 4.69) is 26.6 Å². The molecule has 5 rings (SSSR count). The maximum Gasteiger partial charge on any atom is 0.246 e. The molecule has 0 aliphatic carbocycles. The van der Waals surface area contributed by atoms with Crippen LogP contribution in [0.2, 0.25) is 0 Å². The van der Waals surface area contributed by atoms with E-state index in [1.165, 1.54) is 30.6 Å². The summed E-state index contributed by atoms with van der Waals surface area (Å²) in [4.78, 5) is 25.6. The van der Waals surface area contributed by atoms with Crippen molar-refractivity contribution >= 4 is 22.8 Å². The van der Waals surface area contributed by atoms with Crippen LogP contribution in [0.3, 0.4) is 0 Å². The first kappa shape index (κ1) is 22.3. The van der Waals surface area contributed by atoms with Gasteiger partial charge in [-0.3, -0.25) is 4.79 Å². The number of hydrogen-bond acceptors (Lipinski definition) is 7. The van der Waals surface area contributed by atoms with Crippen LogP contribution in [0.4, 0.5) is 19.0 Å². The van der Waals surface area contributed by atoms with E-state index in [0.29, 0.717) is 30.5 Å². The SMILES string of the molecule is C=CC(=O)N1CCC(n2nc(-c3ccc(Oc4c(F)cccc4F)nc3F)c3c(N)ncnc32)C1. The number of carbonyl (C=O) groups excluding carboxylic acids is 1. The van der Waals surface area contributed by atoms with E-state index >= 15 is 4.39 Å². The van der Waals surface area contributed by atoms with Crippen LogP contribution in [-0.4, -0.2) is 48.6 Å². The third-order valence-electron chi connectivity index (χ3n) is 5.72. The lowest BCUT2D eigenvalue weighted by Crippen LogP contribution is -2.27. The number of halogens is 3. The maximum atomic E-state index is 15.1. The van der Waals surface area contributed by atoms with Crippen molar-refractivity contribution in [2.75, 3.05) is 18.8 Å². The van der Waals surface area contributed by atoms with Crippen LogP contribution in [0.25, 0.3) is 22.3 Å². The van der Waals surface area contributed by atoms with Gasteiger partial charge in [0, 0.05) is 19.2 Å². The van der Waals surface area contributed by atoms with Crippen LogP contribution in [0, 0.1) is 17.6 Å². The molecule has 1 fully saturated rings. The van der Waals surface area contributed by atoms with Gasteiger partial charge in [-0.25, -0.2) is 23.4 Å². The van der Waals surface area contributed by atoms with Gasteiger partial charge in [0.05, 0.1) is 17.0 Å². The van der Waals surface area contributed by atoms with Gasteiger partial charge in [-0.05, 0) is 30.7 Å². The number of fused-ring (bicyclic) bond motifs is 1. The van der Waals surface area contributed by atoms with E-state index < -0.39 is 23.3 Å². The summed E-state index contributed by atoms with van der Waals surface area (Å²) in [5.74, 6) is -4.06. The third kappa shape index (κ3) is 3.92. The number of carbonyl (C=O) groups is 1. The number of amides is 1. The summed E-state index contributed by atoms with van der Waals surface area (Å²) >= 11 is 0. The third-order valence-corrected chi connectivity index (χ3v) is 5.72. The molecule has 0 radical (unpaired) electrons. The van der Waals surface area contributed by atoms with Gasteiger partial charge >= 0.3 is 0 Å². The number of pyridine rings is 1. The predicted octanol–water partition coefficient (Wildman–Crippen LogP) is 3.64. The number of nitrogens with two attached hydrogens (primary N) is 1. The Bertz CT molecular complexity index is 1450. The van der Waals surface area contributed by atoms with Gasteiger partial charge in [-0.15, -0.1) is 0 Å². The molecular formula is C23H18F3N7O2. The first-order valence-corrected chi connectivity index (χ1v) is 10.6. The van der Waals surface area contributed by atoms with Gasteiger partial charge in [-0.2, -0.15) is 14.5 Å². The topological polar surface area (TPSA) is 112 Å². The minimum Gasteiger partial charge on any atom is -0.433 e. The Balaban J connectivity index is 1.54. The first-order valence-electron chi connectivity index (χ1n) is 10.6. The normalized spacial score (nSPS) is 15.5. The van der Waals surface area contributed by atoms with E-state index in [0.717, 1.165) is 12.1 Å². The van der Waals surface area contributed by atoms with Gasteiger partial charge in [0.25, 0.3) is 0 Å². The van der Waals surface area contributed by atoms with Crippen LogP contribution in [0.15, 0.2) is 49.3 Å². The lowest BCUT2D eigenvalue weighted by molar-refractivity contribution is -0.125. The van der Waals surface area contributed by atoms with Crippen molar-refractivity contribution in [3.05, 3.63) is 66.9 Å². The summed E-state index contributed by atoms with van der Waals surface area (Å²) in [7, 11) is 0. The second-order valence-corrected chi connectivity index (χ2v) is 7.82. The summed E-state index contributed by atoms with van der Waals surface area (Å²) in [6.07, 6.45) is 3.12. The second kappa shape index (κ2) is 8.70. The molecule has 4 aromatic rings. The zero-order chi connectivity index (χ0) is 24.7. The molecule has 1 unspecified atom stereocenters. The highest BCUT2D eigenvalue weighted by atomic mass is 19.1. The Hall–Kier alpha value is -4.48. The van der Waals surface area contributed by atoms with Crippen molar-refractivity contribution in [1.29, 1.82) is 0 Å². The summed E-state index contributed by atoms with van der Waals surface area (Å²) in [6.45, 7) is 4.38. The molecule has 1 aliphatic rings. The van der Waals surface area contributed by atoms with Gasteiger partial charge in [0.1, 0.15) is 17.8 Å². The molecule has 9 nitrogen and oxygen atoms in total. The number of anilines is 1. The monoisotopic (exact) mass is 481 g/mol. The molecular weight excluding hydrogens is 463 g/mol. The minimum atomic E-state index is -0.996. The van der Waals surface area contributed by atoms with E-state index in [1.807, 2.05) is 0 Å². The Morgan fingerprint density at radius 3 is 2.66 bits per heavy atom. The quantitative estimate of drug-likeness (QED) is 0.342. The summed E-state index contributed by atoms with van der Waals surface area (Å²) in [5, 5.41) is 4.87. The van der Waals surface area contributed by atoms with Crippen molar-refractivity contribution < 1.29 is 22.7 Å². The van der Waals surface area contributed by atoms with Crippen molar-refractivity contribution in [2.24, 2.45) is 0 Å². The van der Waals surface area contributed by atoms with E-state index in [1.54, 1.807) is 9.58 Å². The molecule has 1 saturated heterocycles. The molecule has 0 saturated carbocycles. The lowest BCUT2D eigenvalue weighted by atomic mass is 10.1. The number of hydrogen-bond donors (Lipinski definition) is 1. The van der Waals surface area contributed by atoms with Crippen LogP contribution in [-0.2, 0) is 4.79 Å². The first-order chi connectivity index (χ1) is 16.9. The van der Waals surface area contributed by atoms with Gasteiger partial charge in [0.15, 0.2) is 17.3 Å². The number of para-hydroxylation sites is 1. The number of rotatable bonds is 5. The van der Waals surface area contributed by atoms with E-state index in [4.69, 9.17) is 10.5 Å². The van der Waals surface area contributed by atoms with E-state index in [-0.39, 0.29) is 34.9 Å². The molecule has 0 spiro atoms. The average molecular weight is 481 g/mol. The van der Waals surface area contributed by atoms with E-state index in [9.17, 15) is 13.6 Å². The highest BCUT2D eigenvalue weighted by Crippen LogP contribution is 2.36. The molecule has 1 amide bonds. The number of nitrogen functional groups attached to an aromatic ring is 1. The second-order valence-electron chi connectivity index (χ2n) is 7.82. The molecule has 12 heteroatoms. The average Bonchev–Trinajstić information content (AvgIpc) is 3.47. The summed E-state index contributed by atoms with van der Waals surface area (Å²) < 4.78 is 49.6. The summed E-state index contributed by atoms with van der Waals surface area (Å²) in [5.41, 5.74) is 6.56. The number of likely N-dealkylation sites (tertiary alicyclic amines) is 1. The molecule has 3 aromatic heterocycles. The number of benzene rings is 1. The maximum absolute atomic E-state index is 15.1. The molecule has 178 valence electrons. The molecule has 1 aromatic carbocycles. The number of aromatic nitrogens is 5. The van der Waals surface area contributed by atoms with Gasteiger partial charge < -0.3 is 15.4 Å². The van der Waals surface area contributed by atoms with Crippen molar-refractivity contribution in [3.8, 4) is 22.9 Å². The molecule has 35 heavy (non-hydrogen) atoms. The fourth-order valence-corrected chi connectivity index (χ4v) is 4.04. The minimum absolute atomic E-state index is 0.0337.